The summed E-state index contributed by atoms with van der Waals surface area (Å²) in [5.74, 6) is 0. The Balaban J connectivity index is 2.22. The van der Waals surface area contributed by atoms with E-state index in [1.165, 1.54) is 31.6 Å². The maximum atomic E-state index is 4.59. The van der Waals surface area contributed by atoms with Crippen molar-refractivity contribution in [1.82, 2.24) is 4.98 Å². The molecule has 0 unspecified atom stereocenters. The Labute approximate surface area is 125 Å². The van der Waals surface area contributed by atoms with Crippen LogP contribution in [0.15, 0.2) is 42.0 Å². The zero-order chi connectivity index (χ0) is 13.7. The van der Waals surface area contributed by atoms with E-state index < -0.39 is 0 Å². The molecule has 0 aliphatic carbocycles. The first-order valence-corrected chi connectivity index (χ1v) is 8.15. The van der Waals surface area contributed by atoms with E-state index in [-0.39, 0.29) is 0 Å². The molecule has 0 saturated carbocycles. The highest BCUT2D eigenvalue weighted by Gasteiger charge is 2.21. The van der Waals surface area contributed by atoms with Crippen molar-refractivity contribution in [2.24, 2.45) is 7.05 Å². The molecule has 0 radical (unpaired) electrons. The van der Waals surface area contributed by atoms with Crippen molar-refractivity contribution in [3.8, 4) is 11.3 Å². The lowest BCUT2D eigenvalue weighted by Gasteiger charge is -2.06. The fourth-order valence-electron chi connectivity index (χ4n) is 2.67. The fraction of sp³-hybridized carbons (Fsp3) is 0.125. The lowest BCUT2D eigenvalue weighted by Crippen LogP contribution is -2.31. The van der Waals surface area contributed by atoms with Crippen molar-refractivity contribution in [3.63, 3.8) is 0 Å². The van der Waals surface area contributed by atoms with Crippen molar-refractivity contribution >= 4 is 42.3 Å². The minimum absolute atomic E-state index is 1.13. The number of fused-ring (bicyclic) bond motifs is 3. The lowest BCUT2D eigenvalue weighted by molar-refractivity contribution is -0.662. The maximum Gasteiger partial charge on any atom is 0.288 e. The first-order chi connectivity index (χ1) is 9.75. The molecule has 20 heavy (non-hydrogen) atoms. The smallest absolute Gasteiger partial charge is 0.232 e. The van der Waals surface area contributed by atoms with Crippen LogP contribution in [0.4, 0.5) is 0 Å². The second kappa shape index (κ2) is 4.36. The molecule has 0 spiro atoms. The molecule has 0 saturated heterocycles. The maximum absolute atomic E-state index is 4.59. The van der Waals surface area contributed by atoms with Crippen LogP contribution < -0.4 is 4.57 Å². The zero-order valence-corrected chi connectivity index (χ0v) is 12.9. The van der Waals surface area contributed by atoms with E-state index in [1.54, 1.807) is 22.7 Å². The Morgan fingerprint density at radius 3 is 2.85 bits per heavy atom. The number of benzene rings is 1. The van der Waals surface area contributed by atoms with E-state index in [0.717, 1.165) is 4.83 Å². The van der Waals surface area contributed by atoms with Gasteiger partial charge in [-0.3, -0.25) is 0 Å². The summed E-state index contributed by atoms with van der Waals surface area (Å²) in [5.41, 5.74) is 3.84. The molecule has 4 rings (SSSR count). The Bertz CT molecular complexity index is 934. The second-order valence-electron chi connectivity index (χ2n) is 4.92. The predicted molar refractivity (Wildman–Crippen MR) is 86.4 cm³/mol. The molecule has 0 bridgehead atoms. The Morgan fingerprint density at radius 2 is 2.00 bits per heavy atom. The fourth-order valence-corrected chi connectivity index (χ4v) is 4.75. The van der Waals surface area contributed by atoms with Gasteiger partial charge in [0.15, 0.2) is 0 Å². The van der Waals surface area contributed by atoms with E-state index in [9.17, 15) is 0 Å². The molecule has 3 heterocycles. The van der Waals surface area contributed by atoms with Crippen LogP contribution in [0.3, 0.4) is 0 Å². The van der Waals surface area contributed by atoms with Gasteiger partial charge < -0.3 is 0 Å². The minimum atomic E-state index is 1.13. The van der Waals surface area contributed by atoms with Crippen LogP contribution in [0.1, 0.15) is 5.56 Å². The first kappa shape index (κ1) is 12.0. The summed E-state index contributed by atoms with van der Waals surface area (Å²) < 4.78 is 3.49. The van der Waals surface area contributed by atoms with Gasteiger partial charge in [0.1, 0.15) is 5.69 Å². The van der Waals surface area contributed by atoms with Crippen LogP contribution in [-0.2, 0) is 7.05 Å². The number of aromatic nitrogens is 2. The molecule has 0 aliphatic heterocycles. The predicted octanol–water partition coefficient (Wildman–Crippen LogP) is 4.31. The standard InChI is InChI=1S/C16H13N2S2/c1-10-5-3-4-6-11(10)14-13-12-7-8-19-16(12)20-15(13)17-9-18(14)2/h3-9H,1-2H3/q+1. The van der Waals surface area contributed by atoms with Gasteiger partial charge in [-0.2, -0.15) is 0 Å². The normalized spacial score (nSPS) is 11.5. The largest absolute Gasteiger partial charge is 0.288 e. The van der Waals surface area contributed by atoms with E-state index in [0.29, 0.717) is 0 Å². The van der Waals surface area contributed by atoms with Gasteiger partial charge in [-0.1, -0.05) is 35.6 Å². The van der Waals surface area contributed by atoms with Crippen LogP contribution in [0.5, 0.6) is 0 Å². The molecular formula is C16H13N2S2+. The number of hydrogen-bond donors (Lipinski definition) is 0. The van der Waals surface area contributed by atoms with Gasteiger partial charge in [0, 0.05) is 10.9 Å². The number of aryl methyl sites for hydroxylation is 2. The van der Waals surface area contributed by atoms with Gasteiger partial charge in [-0.05, 0) is 28.9 Å². The zero-order valence-electron chi connectivity index (χ0n) is 11.3. The highest BCUT2D eigenvalue weighted by Crippen LogP contribution is 2.40. The van der Waals surface area contributed by atoms with E-state index >= 15 is 0 Å². The van der Waals surface area contributed by atoms with E-state index in [2.05, 4.69) is 59.2 Å². The molecule has 1 aromatic carbocycles. The molecule has 0 aliphatic rings. The molecule has 4 heteroatoms. The highest BCUT2D eigenvalue weighted by molar-refractivity contribution is 7.40. The molecule has 0 fully saturated rings. The van der Waals surface area contributed by atoms with Crippen molar-refractivity contribution < 1.29 is 4.57 Å². The summed E-state index contributed by atoms with van der Waals surface area (Å²) >= 11 is 3.58. The van der Waals surface area contributed by atoms with E-state index in [4.69, 9.17) is 0 Å². The second-order valence-corrected chi connectivity index (χ2v) is 7.10. The molecule has 4 aromatic rings. The number of rotatable bonds is 1. The summed E-state index contributed by atoms with van der Waals surface area (Å²) in [6.07, 6.45) is 1.92. The van der Waals surface area contributed by atoms with Gasteiger partial charge in [0.2, 0.25) is 4.83 Å². The molecule has 0 amide bonds. The average molecular weight is 297 g/mol. The Kier molecular flexibility index (Phi) is 2.62. The van der Waals surface area contributed by atoms with Gasteiger partial charge >= 0.3 is 0 Å². The van der Waals surface area contributed by atoms with Gasteiger partial charge in [-0.25, -0.2) is 4.57 Å². The van der Waals surface area contributed by atoms with Crippen molar-refractivity contribution in [2.75, 3.05) is 0 Å². The number of hydrogen-bond acceptors (Lipinski definition) is 3. The quantitative estimate of drug-likeness (QED) is 0.478. The van der Waals surface area contributed by atoms with Gasteiger partial charge in [-0.15, -0.1) is 11.3 Å². The highest BCUT2D eigenvalue weighted by atomic mass is 32.2. The first-order valence-electron chi connectivity index (χ1n) is 6.46. The third-order valence-corrected chi connectivity index (χ3v) is 5.79. The third kappa shape index (κ3) is 1.62. The van der Waals surface area contributed by atoms with Crippen LogP contribution in [-0.4, -0.2) is 4.98 Å². The average Bonchev–Trinajstić information content (AvgIpc) is 3.01. The van der Waals surface area contributed by atoms with Crippen LogP contribution in [0.25, 0.3) is 30.9 Å². The summed E-state index contributed by atoms with van der Waals surface area (Å²) in [6.45, 7) is 2.17. The van der Waals surface area contributed by atoms with Crippen molar-refractivity contribution in [1.29, 1.82) is 0 Å². The monoisotopic (exact) mass is 297 g/mol. The molecule has 98 valence electrons. The summed E-state index contributed by atoms with van der Waals surface area (Å²) in [7, 11) is 2.07. The van der Waals surface area contributed by atoms with Gasteiger partial charge in [0.25, 0.3) is 6.33 Å². The topological polar surface area (TPSA) is 16.8 Å². The Morgan fingerprint density at radius 1 is 1.15 bits per heavy atom. The van der Waals surface area contributed by atoms with E-state index in [1.807, 2.05) is 6.33 Å². The molecular weight excluding hydrogens is 284 g/mol. The van der Waals surface area contributed by atoms with Gasteiger partial charge in [0.05, 0.1) is 16.4 Å². The summed E-state index contributed by atoms with van der Waals surface area (Å²) in [4.78, 5) is 5.72. The summed E-state index contributed by atoms with van der Waals surface area (Å²) in [6, 6.07) is 10.8. The number of nitrogens with zero attached hydrogens (tertiary/aromatic N) is 2. The molecule has 0 N–H and O–H groups in total. The van der Waals surface area contributed by atoms with Crippen LogP contribution in [0, 0.1) is 6.92 Å². The third-order valence-electron chi connectivity index (χ3n) is 3.64. The van der Waals surface area contributed by atoms with Crippen molar-refractivity contribution in [2.45, 2.75) is 6.92 Å². The summed E-state index contributed by atoms with van der Waals surface area (Å²) in [5, 5.41) is 4.78. The van der Waals surface area contributed by atoms with Crippen LogP contribution >= 0.6 is 22.7 Å². The SMILES string of the molecule is Cc1ccccc1-c1c2c(nc[n+]1C)sc1sccc12. The minimum Gasteiger partial charge on any atom is -0.232 e. The molecule has 3 aromatic heterocycles. The Hall–Kier alpha value is -1.78. The van der Waals surface area contributed by atoms with Crippen LogP contribution in [0.2, 0.25) is 0 Å². The molecule has 0 atom stereocenters. The molecule has 2 nitrogen and oxygen atoms in total. The number of thiophene rings is 2. The van der Waals surface area contributed by atoms with Crippen molar-refractivity contribution in [3.05, 3.63) is 47.6 Å². The lowest BCUT2D eigenvalue weighted by atomic mass is 10.0.